The number of carbonyl (C=O) groups is 3. The molecule has 130 valence electrons. The lowest BCUT2D eigenvalue weighted by atomic mass is 9.94. The maximum Gasteiger partial charge on any atom is 0.233 e. The van der Waals surface area contributed by atoms with E-state index in [2.05, 4.69) is 13.8 Å². The predicted octanol–water partition coefficient (Wildman–Crippen LogP) is 3.83. The number of aliphatic hydroxyl groups is 1. The van der Waals surface area contributed by atoms with Crippen molar-refractivity contribution in [3.63, 3.8) is 0 Å². The summed E-state index contributed by atoms with van der Waals surface area (Å²) in [5, 5.41) is 9.75. The second-order valence-corrected chi connectivity index (χ2v) is 6.90. The van der Waals surface area contributed by atoms with Crippen LogP contribution in [0.15, 0.2) is 48.5 Å². The maximum absolute atomic E-state index is 12.4. The van der Waals surface area contributed by atoms with Crippen LogP contribution in [-0.2, 0) is 0 Å². The van der Waals surface area contributed by atoms with Crippen molar-refractivity contribution in [1.29, 1.82) is 0 Å². The minimum absolute atomic E-state index is 0.213. The third kappa shape index (κ3) is 4.28. The number of Topliss-reactive ketones (excluding diaryl/α,β-unsaturated/α-hetero) is 3. The van der Waals surface area contributed by atoms with Crippen LogP contribution < -0.4 is 0 Å². The zero-order valence-electron chi connectivity index (χ0n) is 14.9. The fourth-order valence-electron chi connectivity index (χ4n) is 2.41. The van der Waals surface area contributed by atoms with E-state index in [0.29, 0.717) is 11.5 Å². The largest absolute Gasteiger partial charge is 0.382 e. The molecule has 25 heavy (non-hydrogen) atoms. The highest BCUT2D eigenvalue weighted by molar-refractivity contribution is 6.49. The molecule has 2 aromatic rings. The zero-order chi connectivity index (χ0) is 18.8. The van der Waals surface area contributed by atoms with E-state index in [9.17, 15) is 19.5 Å². The van der Waals surface area contributed by atoms with E-state index in [1.165, 1.54) is 38.1 Å². The second-order valence-electron chi connectivity index (χ2n) is 6.90. The molecular formula is C21H22O4. The molecule has 0 fully saturated rings. The van der Waals surface area contributed by atoms with Gasteiger partial charge in [0.15, 0.2) is 5.78 Å². The van der Waals surface area contributed by atoms with Gasteiger partial charge in [-0.3, -0.25) is 14.4 Å². The van der Waals surface area contributed by atoms with Crippen molar-refractivity contribution < 1.29 is 19.5 Å². The van der Waals surface area contributed by atoms with Gasteiger partial charge in [0.1, 0.15) is 5.60 Å². The van der Waals surface area contributed by atoms with Gasteiger partial charge in [-0.2, -0.15) is 0 Å². The first-order valence-corrected chi connectivity index (χ1v) is 8.17. The summed E-state index contributed by atoms with van der Waals surface area (Å²) in [6, 6.07) is 12.8. The molecular weight excluding hydrogens is 316 g/mol. The topological polar surface area (TPSA) is 71.4 Å². The molecule has 0 aromatic heterocycles. The molecule has 4 nitrogen and oxygen atoms in total. The SMILES string of the molecule is CC(C)c1ccc(C(=O)C(=O)c2ccc(C(=O)C(C)(C)O)cc2)cc1. The lowest BCUT2D eigenvalue weighted by molar-refractivity contribution is 0.0488. The highest BCUT2D eigenvalue weighted by Gasteiger charge is 2.25. The van der Waals surface area contributed by atoms with Crippen molar-refractivity contribution in [2.45, 2.75) is 39.2 Å². The van der Waals surface area contributed by atoms with Gasteiger partial charge in [-0.15, -0.1) is 0 Å². The molecule has 0 aliphatic rings. The van der Waals surface area contributed by atoms with Crippen LogP contribution in [0.2, 0.25) is 0 Å². The Morgan fingerprint density at radius 3 is 1.48 bits per heavy atom. The zero-order valence-corrected chi connectivity index (χ0v) is 14.9. The Kier molecular flexibility index (Phi) is 5.33. The van der Waals surface area contributed by atoms with Gasteiger partial charge in [0.25, 0.3) is 0 Å². The normalized spacial score (nSPS) is 11.4. The van der Waals surface area contributed by atoms with Crippen molar-refractivity contribution in [2.75, 3.05) is 0 Å². The first-order valence-electron chi connectivity index (χ1n) is 8.17. The molecule has 4 heteroatoms. The predicted molar refractivity (Wildman–Crippen MR) is 96.3 cm³/mol. The number of carbonyl (C=O) groups excluding carboxylic acids is 3. The van der Waals surface area contributed by atoms with Gasteiger partial charge < -0.3 is 5.11 Å². The van der Waals surface area contributed by atoms with E-state index in [1.807, 2.05) is 12.1 Å². The molecule has 0 bridgehead atoms. The smallest absolute Gasteiger partial charge is 0.233 e. The highest BCUT2D eigenvalue weighted by atomic mass is 16.3. The molecule has 0 saturated heterocycles. The molecule has 0 spiro atoms. The summed E-state index contributed by atoms with van der Waals surface area (Å²) in [5.74, 6) is -1.31. The number of ketones is 3. The molecule has 2 rings (SSSR count). The Balaban J connectivity index is 2.20. The minimum Gasteiger partial charge on any atom is -0.382 e. The van der Waals surface area contributed by atoms with Crippen molar-refractivity contribution >= 4 is 17.3 Å². The summed E-state index contributed by atoms with van der Waals surface area (Å²) in [5.41, 5.74) is 0.451. The van der Waals surface area contributed by atoms with Crippen LogP contribution in [0.4, 0.5) is 0 Å². The lowest BCUT2D eigenvalue weighted by Crippen LogP contribution is -2.31. The Bertz CT molecular complexity index is 791. The monoisotopic (exact) mass is 338 g/mol. The number of hydrogen-bond acceptors (Lipinski definition) is 4. The molecule has 0 unspecified atom stereocenters. The van der Waals surface area contributed by atoms with Crippen LogP contribution >= 0.6 is 0 Å². The van der Waals surface area contributed by atoms with Gasteiger partial charge in [-0.05, 0) is 25.3 Å². The summed E-state index contributed by atoms with van der Waals surface area (Å²) in [4.78, 5) is 36.7. The van der Waals surface area contributed by atoms with Gasteiger partial charge in [-0.1, -0.05) is 62.4 Å². The van der Waals surface area contributed by atoms with Gasteiger partial charge in [-0.25, -0.2) is 0 Å². The van der Waals surface area contributed by atoms with Crippen LogP contribution in [0.25, 0.3) is 0 Å². The minimum atomic E-state index is -1.49. The van der Waals surface area contributed by atoms with E-state index in [4.69, 9.17) is 0 Å². The third-order valence-electron chi connectivity index (χ3n) is 4.01. The maximum atomic E-state index is 12.4. The van der Waals surface area contributed by atoms with Gasteiger partial charge >= 0.3 is 0 Å². The molecule has 0 aliphatic carbocycles. The molecule has 0 amide bonds. The summed E-state index contributed by atoms with van der Waals surface area (Å²) in [6.45, 7) is 6.91. The Hall–Kier alpha value is -2.59. The van der Waals surface area contributed by atoms with Crippen molar-refractivity contribution in [2.24, 2.45) is 0 Å². The van der Waals surface area contributed by atoms with E-state index >= 15 is 0 Å². The Morgan fingerprint density at radius 2 is 1.12 bits per heavy atom. The average Bonchev–Trinajstić information content (AvgIpc) is 2.59. The van der Waals surface area contributed by atoms with E-state index in [1.54, 1.807) is 12.1 Å². The molecule has 0 heterocycles. The Labute approximate surface area is 147 Å². The molecule has 0 atom stereocenters. The number of hydrogen-bond donors (Lipinski definition) is 1. The van der Waals surface area contributed by atoms with E-state index in [-0.39, 0.29) is 11.1 Å². The van der Waals surface area contributed by atoms with Crippen LogP contribution in [0.3, 0.4) is 0 Å². The molecule has 0 radical (unpaired) electrons. The van der Waals surface area contributed by atoms with Crippen molar-refractivity contribution in [1.82, 2.24) is 0 Å². The van der Waals surface area contributed by atoms with Crippen molar-refractivity contribution in [3.8, 4) is 0 Å². The van der Waals surface area contributed by atoms with Gasteiger partial charge in [0.05, 0.1) is 0 Å². The van der Waals surface area contributed by atoms with Crippen LogP contribution in [0, 0.1) is 0 Å². The highest BCUT2D eigenvalue weighted by Crippen LogP contribution is 2.17. The summed E-state index contributed by atoms with van der Waals surface area (Å²) in [7, 11) is 0. The second kappa shape index (κ2) is 7.11. The Morgan fingerprint density at radius 1 is 0.760 bits per heavy atom. The van der Waals surface area contributed by atoms with Gasteiger partial charge in [0.2, 0.25) is 11.6 Å². The third-order valence-corrected chi connectivity index (χ3v) is 4.01. The quantitative estimate of drug-likeness (QED) is 0.642. The molecule has 1 N–H and O–H groups in total. The van der Waals surface area contributed by atoms with E-state index < -0.39 is 23.0 Å². The summed E-state index contributed by atoms with van der Waals surface area (Å²) in [6.07, 6.45) is 0. The fourth-order valence-corrected chi connectivity index (χ4v) is 2.41. The first kappa shape index (κ1) is 18.7. The summed E-state index contributed by atoms with van der Waals surface area (Å²) >= 11 is 0. The standard InChI is InChI=1S/C21H22O4/c1-13(2)14-5-7-15(8-6-14)18(22)19(23)16-9-11-17(12-10-16)20(24)21(3,4)25/h5-13,25H,1-4H3. The summed E-state index contributed by atoms with van der Waals surface area (Å²) < 4.78 is 0. The number of benzene rings is 2. The lowest BCUT2D eigenvalue weighted by Gasteiger charge is -2.15. The van der Waals surface area contributed by atoms with E-state index in [0.717, 1.165) is 5.56 Å². The van der Waals surface area contributed by atoms with Crippen LogP contribution in [0.1, 0.15) is 70.3 Å². The molecule has 2 aromatic carbocycles. The van der Waals surface area contributed by atoms with Crippen molar-refractivity contribution in [3.05, 3.63) is 70.8 Å². The van der Waals surface area contributed by atoms with Crippen LogP contribution in [0.5, 0.6) is 0 Å². The average molecular weight is 338 g/mol. The van der Waals surface area contributed by atoms with Gasteiger partial charge in [0, 0.05) is 16.7 Å². The first-order chi connectivity index (χ1) is 11.6. The number of rotatable bonds is 6. The molecule has 0 aliphatic heterocycles. The molecule has 0 saturated carbocycles. The van der Waals surface area contributed by atoms with Crippen LogP contribution in [-0.4, -0.2) is 28.1 Å². The fraction of sp³-hybridized carbons (Fsp3) is 0.286.